The predicted octanol–water partition coefficient (Wildman–Crippen LogP) is 2.32. The number of likely N-dealkylation sites (N-methyl/N-ethyl adjacent to an activating group) is 1. The molecule has 0 spiro atoms. The van der Waals surface area contributed by atoms with Gasteiger partial charge in [0.05, 0.1) is 0 Å². The Hall–Kier alpha value is -0.930. The van der Waals surface area contributed by atoms with Gasteiger partial charge in [0.25, 0.3) is 0 Å². The van der Waals surface area contributed by atoms with Crippen LogP contribution in [0.3, 0.4) is 0 Å². The summed E-state index contributed by atoms with van der Waals surface area (Å²) in [6.07, 6.45) is 2.67. The molecule has 0 heterocycles. The van der Waals surface area contributed by atoms with Gasteiger partial charge in [0.15, 0.2) is 0 Å². The van der Waals surface area contributed by atoms with E-state index in [0.717, 1.165) is 30.3 Å². The first-order valence-corrected chi connectivity index (χ1v) is 6.33. The first-order valence-electron chi connectivity index (χ1n) is 6.33. The maximum atomic E-state index is 13.4. The van der Waals surface area contributed by atoms with E-state index in [9.17, 15) is 4.39 Å². The fraction of sp³-hybridized carbons (Fsp3) is 0.571. The maximum Gasteiger partial charge on any atom is 0.127 e. The SMILES string of the molecule is Cc1ccc(F)c(CNCCN(C)C2CC2)c1. The quantitative estimate of drug-likeness (QED) is 0.763. The molecule has 1 aliphatic rings. The third-order valence-corrected chi connectivity index (χ3v) is 3.33. The minimum atomic E-state index is -0.112. The lowest BCUT2D eigenvalue weighted by Crippen LogP contribution is -2.30. The van der Waals surface area contributed by atoms with Crippen LogP contribution in [0.15, 0.2) is 18.2 Å². The molecule has 1 aromatic rings. The summed E-state index contributed by atoms with van der Waals surface area (Å²) in [6.45, 7) is 4.56. The summed E-state index contributed by atoms with van der Waals surface area (Å²) in [5, 5.41) is 3.30. The van der Waals surface area contributed by atoms with Crippen LogP contribution in [0.5, 0.6) is 0 Å². The average Bonchev–Trinajstić information content (AvgIpc) is 3.12. The first kappa shape index (κ1) is 12.5. The minimum absolute atomic E-state index is 0.112. The Balaban J connectivity index is 1.71. The average molecular weight is 236 g/mol. The summed E-state index contributed by atoms with van der Waals surface area (Å²) in [5.41, 5.74) is 1.87. The third-order valence-electron chi connectivity index (χ3n) is 3.33. The van der Waals surface area contributed by atoms with E-state index >= 15 is 0 Å². The van der Waals surface area contributed by atoms with Crippen molar-refractivity contribution < 1.29 is 4.39 Å². The van der Waals surface area contributed by atoms with Gasteiger partial charge < -0.3 is 10.2 Å². The monoisotopic (exact) mass is 236 g/mol. The normalized spacial score (nSPS) is 15.5. The molecule has 1 saturated carbocycles. The minimum Gasteiger partial charge on any atom is -0.311 e. The van der Waals surface area contributed by atoms with Crippen LogP contribution in [0.2, 0.25) is 0 Å². The van der Waals surface area contributed by atoms with Crippen LogP contribution in [0.1, 0.15) is 24.0 Å². The van der Waals surface area contributed by atoms with E-state index < -0.39 is 0 Å². The molecule has 1 aliphatic carbocycles. The van der Waals surface area contributed by atoms with Crippen molar-refractivity contribution >= 4 is 0 Å². The predicted molar refractivity (Wildman–Crippen MR) is 68.5 cm³/mol. The van der Waals surface area contributed by atoms with E-state index in [-0.39, 0.29) is 5.82 Å². The summed E-state index contributed by atoms with van der Waals surface area (Å²) < 4.78 is 13.4. The highest BCUT2D eigenvalue weighted by molar-refractivity contribution is 5.23. The van der Waals surface area contributed by atoms with Gasteiger partial charge in [0.1, 0.15) is 5.82 Å². The highest BCUT2D eigenvalue weighted by Gasteiger charge is 2.25. The molecule has 0 amide bonds. The number of nitrogens with one attached hydrogen (secondary N) is 1. The second-order valence-electron chi connectivity index (χ2n) is 4.98. The Kier molecular flexibility index (Phi) is 4.13. The van der Waals surface area contributed by atoms with Gasteiger partial charge in [0, 0.05) is 31.2 Å². The topological polar surface area (TPSA) is 15.3 Å². The lowest BCUT2D eigenvalue weighted by molar-refractivity contribution is 0.321. The second kappa shape index (κ2) is 5.61. The molecule has 17 heavy (non-hydrogen) atoms. The van der Waals surface area contributed by atoms with Crippen molar-refractivity contribution in [2.75, 3.05) is 20.1 Å². The van der Waals surface area contributed by atoms with E-state index in [1.54, 1.807) is 12.1 Å². The van der Waals surface area contributed by atoms with Crippen molar-refractivity contribution in [1.82, 2.24) is 10.2 Å². The molecule has 0 bridgehead atoms. The number of benzene rings is 1. The van der Waals surface area contributed by atoms with Gasteiger partial charge >= 0.3 is 0 Å². The van der Waals surface area contributed by atoms with Crippen molar-refractivity contribution in [3.05, 3.63) is 35.1 Å². The van der Waals surface area contributed by atoms with Crippen LogP contribution in [-0.2, 0) is 6.54 Å². The summed E-state index contributed by atoms with van der Waals surface area (Å²) in [6, 6.07) is 6.06. The second-order valence-corrected chi connectivity index (χ2v) is 4.98. The summed E-state index contributed by atoms with van der Waals surface area (Å²) in [4.78, 5) is 2.37. The number of hydrogen-bond acceptors (Lipinski definition) is 2. The molecule has 0 aliphatic heterocycles. The van der Waals surface area contributed by atoms with Crippen molar-refractivity contribution in [1.29, 1.82) is 0 Å². The molecule has 0 aromatic heterocycles. The third kappa shape index (κ3) is 3.79. The highest BCUT2D eigenvalue weighted by atomic mass is 19.1. The Labute approximate surface area is 103 Å². The van der Waals surface area contributed by atoms with Crippen LogP contribution in [0, 0.1) is 12.7 Å². The van der Waals surface area contributed by atoms with Crippen molar-refractivity contribution in [3.8, 4) is 0 Å². The zero-order valence-electron chi connectivity index (χ0n) is 10.7. The molecule has 94 valence electrons. The molecule has 1 N–H and O–H groups in total. The van der Waals surface area contributed by atoms with Gasteiger partial charge in [-0.25, -0.2) is 4.39 Å². The van der Waals surface area contributed by atoms with Gasteiger partial charge in [-0.3, -0.25) is 0 Å². The van der Waals surface area contributed by atoms with Gasteiger partial charge in [-0.15, -0.1) is 0 Å². The van der Waals surface area contributed by atoms with Crippen molar-refractivity contribution in [3.63, 3.8) is 0 Å². The van der Waals surface area contributed by atoms with Crippen LogP contribution in [-0.4, -0.2) is 31.1 Å². The van der Waals surface area contributed by atoms with Crippen LogP contribution >= 0.6 is 0 Å². The molecule has 0 saturated heterocycles. The molecular formula is C14H21FN2. The standard InChI is InChI=1S/C14H21FN2/c1-11-3-6-14(15)12(9-11)10-16-7-8-17(2)13-4-5-13/h3,6,9,13,16H,4-5,7-8,10H2,1-2H3. The zero-order valence-corrected chi connectivity index (χ0v) is 10.7. The number of nitrogens with zero attached hydrogens (tertiary/aromatic N) is 1. The Morgan fingerprint density at radius 2 is 2.18 bits per heavy atom. The largest absolute Gasteiger partial charge is 0.311 e. The fourth-order valence-electron chi connectivity index (χ4n) is 2.02. The van der Waals surface area contributed by atoms with Crippen molar-refractivity contribution in [2.45, 2.75) is 32.4 Å². The van der Waals surface area contributed by atoms with E-state index in [1.165, 1.54) is 12.8 Å². The Bertz CT molecular complexity index is 374. The molecule has 0 unspecified atom stereocenters. The van der Waals surface area contributed by atoms with Gasteiger partial charge in [0.2, 0.25) is 0 Å². The van der Waals surface area contributed by atoms with Gasteiger partial charge in [-0.2, -0.15) is 0 Å². The van der Waals surface area contributed by atoms with Gasteiger partial charge in [-0.05, 0) is 32.9 Å². The number of hydrogen-bond donors (Lipinski definition) is 1. The molecule has 1 fully saturated rings. The summed E-state index contributed by atoms with van der Waals surface area (Å²) >= 11 is 0. The highest BCUT2D eigenvalue weighted by Crippen LogP contribution is 2.24. The van der Waals surface area contributed by atoms with E-state index in [2.05, 4.69) is 17.3 Å². The lowest BCUT2D eigenvalue weighted by Gasteiger charge is -2.15. The molecule has 0 atom stereocenters. The van der Waals surface area contributed by atoms with Crippen LogP contribution in [0.4, 0.5) is 4.39 Å². The Morgan fingerprint density at radius 1 is 1.41 bits per heavy atom. The maximum absolute atomic E-state index is 13.4. The van der Waals surface area contributed by atoms with Crippen molar-refractivity contribution in [2.24, 2.45) is 0 Å². The molecule has 3 heteroatoms. The first-order chi connectivity index (χ1) is 8.16. The van der Waals surface area contributed by atoms with Gasteiger partial charge in [-0.1, -0.05) is 17.7 Å². The zero-order chi connectivity index (χ0) is 12.3. The number of aryl methyl sites for hydroxylation is 1. The molecular weight excluding hydrogens is 215 g/mol. The Morgan fingerprint density at radius 3 is 2.88 bits per heavy atom. The van der Waals surface area contributed by atoms with E-state index in [1.807, 2.05) is 13.0 Å². The molecule has 2 rings (SSSR count). The number of rotatable bonds is 6. The fourth-order valence-corrected chi connectivity index (χ4v) is 2.02. The van der Waals surface area contributed by atoms with Crippen LogP contribution in [0.25, 0.3) is 0 Å². The van der Waals surface area contributed by atoms with Crippen LogP contribution < -0.4 is 5.32 Å². The molecule has 2 nitrogen and oxygen atoms in total. The molecule has 1 aromatic carbocycles. The van der Waals surface area contributed by atoms with E-state index in [4.69, 9.17) is 0 Å². The number of halogens is 1. The van der Waals surface area contributed by atoms with E-state index in [0.29, 0.717) is 6.54 Å². The summed E-state index contributed by atoms with van der Waals surface area (Å²) in [7, 11) is 2.16. The summed E-state index contributed by atoms with van der Waals surface area (Å²) in [5.74, 6) is -0.112. The lowest BCUT2D eigenvalue weighted by atomic mass is 10.1. The molecule has 0 radical (unpaired) electrons. The smallest absolute Gasteiger partial charge is 0.127 e.